The number of carbonyl (C=O) groups excluding carboxylic acids is 3. The fourth-order valence-corrected chi connectivity index (χ4v) is 6.91. The third-order valence-electron chi connectivity index (χ3n) is 6.56. The minimum atomic E-state index is -4.35. The number of thiophene rings is 1. The molecule has 15 heteroatoms. The summed E-state index contributed by atoms with van der Waals surface area (Å²) in [5, 5.41) is 12.5. The van der Waals surface area contributed by atoms with Gasteiger partial charge in [0.2, 0.25) is 10.0 Å². The zero-order valence-electron chi connectivity index (χ0n) is 22.4. The van der Waals surface area contributed by atoms with E-state index in [1.165, 1.54) is 23.1 Å². The molecule has 0 aliphatic carbocycles. The van der Waals surface area contributed by atoms with Crippen LogP contribution in [0.4, 0.5) is 5.69 Å². The SMILES string of the molecule is CCc1c(N2CC[C@@H](O)C2=O)cccc1S(=O)(=O)N[C@@H](CNC(=O)c1ccc(Cl)s1)C(=O)OCCc1nccn1C. The molecule has 12 nitrogen and oxygen atoms in total. The summed E-state index contributed by atoms with van der Waals surface area (Å²) in [6.45, 7) is 1.52. The number of aliphatic hydroxyl groups excluding tert-OH is 1. The van der Waals surface area contributed by atoms with Crippen molar-refractivity contribution in [3.8, 4) is 0 Å². The molecule has 1 aromatic carbocycles. The number of hydrogen-bond donors (Lipinski definition) is 3. The van der Waals surface area contributed by atoms with Gasteiger partial charge in [0.05, 0.1) is 20.7 Å². The molecular weight excluding hydrogens is 594 g/mol. The van der Waals surface area contributed by atoms with Crippen LogP contribution < -0.4 is 14.9 Å². The Bertz CT molecular complexity index is 1540. The molecule has 1 fully saturated rings. The van der Waals surface area contributed by atoms with E-state index >= 15 is 0 Å². The molecule has 0 saturated carbocycles. The van der Waals surface area contributed by atoms with Crippen LogP contribution in [0.1, 0.15) is 34.4 Å². The van der Waals surface area contributed by atoms with E-state index in [0.29, 0.717) is 27.8 Å². The number of ether oxygens (including phenoxy) is 1. The first-order valence-electron chi connectivity index (χ1n) is 12.8. The van der Waals surface area contributed by atoms with E-state index in [-0.39, 0.29) is 35.8 Å². The third-order valence-corrected chi connectivity index (χ3v) is 9.34. The van der Waals surface area contributed by atoms with Crippen LogP contribution in [-0.2, 0) is 44.2 Å². The van der Waals surface area contributed by atoms with Crippen molar-refractivity contribution in [3.05, 3.63) is 63.3 Å². The van der Waals surface area contributed by atoms with Crippen LogP contribution in [0.3, 0.4) is 0 Å². The molecule has 4 rings (SSSR count). The maximum atomic E-state index is 13.6. The highest BCUT2D eigenvalue weighted by molar-refractivity contribution is 7.89. The quantitative estimate of drug-likeness (QED) is 0.257. The van der Waals surface area contributed by atoms with E-state index < -0.39 is 46.5 Å². The van der Waals surface area contributed by atoms with Crippen LogP contribution in [0, 0.1) is 0 Å². The van der Waals surface area contributed by atoms with Crippen molar-refractivity contribution in [2.24, 2.45) is 7.05 Å². The Morgan fingerprint density at radius 1 is 1.29 bits per heavy atom. The Morgan fingerprint density at radius 3 is 2.68 bits per heavy atom. The fourth-order valence-electron chi connectivity index (χ4n) is 4.44. The summed E-state index contributed by atoms with van der Waals surface area (Å²) in [5.41, 5.74) is 0.718. The molecule has 1 saturated heterocycles. The second-order valence-corrected chi connectivity index (χ2v) is 12.7. The number of hydrogen-bond acceptors (Lipinski definition) is 9. The van der Waals surface area contributed by atoms with Crippen LogP contribution in [-0.4, -0.2) is 72.7 Å². The lowest BCUT2D eigenvalue weighted by molar-refractivity contribution is -0.145. The first kappa shape index (κ1) is 30.7. The summed E-state index contributed by atoms with van der Waals surface area (Å²) in [7, 11) is -2.56. The molecule has 0 unspecified atom stereocenters. The van der Waals surface area contributed by atoms with Crippen molar-refractivity contribution in [2.75, 3.05) is 24.6 Å². The Hall–Kier alpha value is -3.30. The van der Waals surface area contributed by atoms with E-state index in [0.717, 1.165) is 11.3 Å². The zero-order valence-corrected chi connectivity index (χ0v) is 24.8. The van der Waals surface area contributed by atoms with Crippen LogP contribution in [0.25, 0.3) is 0 Å². The first-order valence-corrected chi connectivity index (χ1v) is 15.5. The lowest BCUT2D eigenvalue weighted by Crippen LogP contribution is -2.49. The molecule has 0 spiro atoms. The van der Waals surface area contributed by atoms with Crippen molar-refractivity contribution in [1.29, 1.82) is 0 Å². The molecule has 3 N–H and O–H groups in total. The summed E-state index contributed by atoms with van der Waals surface area (Å²) in [6.07, 6.45) is 2.99. The van der Waals surface area contributed by atoms with Crippen LogP contribution in [0.5, 0.6) is 0 Å². The molecule has 220 valence electrons. The number of imidazole rings is 1. The first-order chi connectivity index (χ1) is 19.5. The van der Waals surface area contributed by atoms with Gasteiger partial charge in [-0.1, -0.05) is 24.6 Å². The van der Waals surface area contributed by atoms with Gasteiger partial charge < -0.3 is 24.6 Å². The van der Waals surface area contributed by atoms with Gasteiger partial charge in [0, 0.05) is 51.1 Å². The molecule has 2 atom stereocenters. The summed E-state index contributed by atoms with van der Waals surface area (Å²) < 4.78 is 37.2. The number of aliphatic hydroxyl groups is 1. The number of nitrogens with zero attached hydrogens (tertiary/aromatic N) is 3. The number of amides is 2. The predicted octanol–water partition coefficient (Wildman–Crippen LogP) is 1.66. The number of benzene rings is 1. The number of halogens is 1. The summed E-state index contributed by atoms with van der Waals surface area (Å²) in [6, 6.07) is 6.08. The van der Waals surface area contributed by atoms with Crippen LogP contribution in [0.2, 0.25) is 4.34 Å². The normalized spacial score (nSPS) is 16.1. The lowest BCUT2D eigenvalue weighted by Gasteiger charge is -2.23. The summed E-state index contributed by atoms with van der Waals surface area (Å²) >= 11 is 6.95. The number of nitrogens with one attached hydrogen (secondary N) is 2. The van der Waals surface area contributed by atoms with Gasteiger partial charge in [-0.15, -0.1) is 11.3 Å². The maximum Gasteiger partial charge on any atom is 0.326 e. The third kappa shape index (κ3) is 7.13. The number of aromatic nitrogens is 2. The van der Waals surface area contributed by atoms with Gasteiger partial charge in [-0.25, -0.2) is 13.4 Å². The van der Waals surface area contributed by atoms with Crippen molar-refractivity contribution in [1.82, 2.24) is 19.6 Å². The second-order valence-electron chi connectivity index (χ2n) is 9.26. The lowest BCUT2D eigenvalue weighted by atomic mass is 10.1. The van der Waals surface area contributed by atoms with Crippen molar-refractivity contribution in [3.63, 3.8) is 0 Å². The Labute approximate surface area is 246 Å². The Kier molecular flexibility index (Phi) is 9.81. The van der Waals surface area contributed by atoms with E-state index in [1.54, 1.807) is 43.1 Å². The molecule has 0 radical (unpaired) electrons. The number of sulfonamides is 1. The average Bonchev–Trinajstić information content (AvgIpc) is 3.66. The highest BCUT2D eigenvalue weighted by atomic mass is 35.5. The molecule has 3 aromatic rings. The number of carbonyl (C=O) groups is 3. The molecule has 0 bridgehead atoms. The van der Waals surface area contributed by atoms with Crippen LogP contribution >= 0.6 is 22.9 Å². The standard InChI is InChI=1S/C26H30ClN5O7S2/c1-3-16-18(32-12-9-19(33)25(32)35)5-4-6-21(16)41(37,38)30-17(15-29-24(34)20-7-8-22(27)40-20)26(36)39-14-10-23-28-11-13-31(23)2/h4-8,11,13,17,19,30,33H,3,9-10,12,14-15H2,1-2H3,(H,29,34)/t17-,19+/m0/s1. The van der Waals surface area contributed by atoms with Gasteiger partial charge >= 0.3 is 5.97 Å². The smallest absolute Gasteiger partial charge is 0.326 e. The van der Waals surface area contributed by atoms with Gasteiger partial charge in [0.25, 0.3) is 11.8 Å². The minimum Gasteiger partial charge on any atom is -0.464 e. The summed E-state index contributed by atoms with van der Waals surface area (Å²) in [5.74, 6) is -1.26. The molecule has 2 amide bonds. The van der Waals surface area contributed by atoms with Gasteiger partial charge in [0.1, 0.15) is 18.0 Å². The fraction of sp³-hybridized carbons (Fsp3) is 0.385. The van der Waals surface area contributed by atoms with Gasteiger partial charge in [0.15, 0.2) is 0 Å². The van der Waals surface area contributed by atoms with Gasteiger partial charge in [-0.3, -0.25) is 14.4 Å². The predicted molar refractivity (Wildman–Crippen MR) is 152 cm³/mol. The summed E-state index contributed by atoms with van der Waals surface area (Å²) in [4.78, 5) is 43.9. The Balaban J connectivity index is 1.56. The van der Waals surface area contributed by atoms with Crippen molar-refractivity contribution < 1.29 is 32.6 Å². The second kappa shape index (κ2) is 13.1. The number of esters is 1. The minimum absolute atomic E-state index is 0.0640. The number of rotatable bonds is 12. The van der Waals surface area contributed by atoms with E-state index in [4.69, 9.17) is 16.3 Å². The number of aryl methyl sites for hydroxylation is 1. The molecule has 41 heavy (non-hydrogen) atoms. The van der Waals surface area contributed by atoms with Crippen molar-refractivity contribution >= 4 is 56.4 Å². The average molecular weight is 624 g/mol. The molecule has 1 aliphatic rings. The highest BCUT2D eigenvalue weighted by Gasteiger charge is 2.34. The molecule has 3 heterocycles. The number of anilines is 1. The van der Waals surface area contributed by atoms with E-state index in [9.17, 15) is 27.9 Å². The van der Waals surface area contributed by atoms with Gasteiger partial charge in [-0.2, -0.15) is 4.72 Å². The van der Waals surface area contributed by atoms with Crippen molar-refractivity contribution in [2.45, 2.75) is 43.2 Å². The highest BCUT2D eigenvalue weighted by Crippen LogP contribution is 2.31. The monoisotopic (exact) mass is 623 g/mol. The largest absolute Gasteiger partial charge is 0.464 e. The molecule has 2 aromatic heterocycles. The van der Waals surface area contributed by atoms with Gasteiger partial charge in [-0.05, 0) is 36.2 Å². The van der Waals surface area contributed by atoms with Crippen LogP contribution in [0.15, 0.2) is 47.6 Å². The molecular formula is C26H30ClN5O7S2. The zero-order chi connectivity index (χ0) is 29.7. The topological polar surface area (TPSA) is 160 Å². The van der Waals surface area contributed by atoms with E-state index in [2.05, 4.69) is 15.0 Å². The van der Waals surface area contributed by atoms with E-state index in [1.807, 2.05) is 0 Å². The Morgan fingerprint density at radius 2 is 2.07 bits per heavy atom. The molecule has 1 aliphatic heterocycles. The maximum absolute atomic E-state index is 13.6.